The summed E-state index contributed by atoms with van der Waals surface area (Å²) in [6, 6.07) is 14.2. The maximum absolute atomic E-state index is 12.9. The van der Waals surface area contributed by atoms with E-state index in [-0.39, 0.29) is 11.8 Å². The molecule has 29 heavy (non-hydrogen) atoms. The van der Waals surface area contributed by atoms with Crippen LogP contribution in [0.15, 0.2) is 42.5 Å². The van der Waals surface area contributed by atoms with E-state index in [4.69, 9.17) is 0 Å². The van der Waals surface area contributed by atoms with Crippen molar-refractivity contribution >= 4 is 11.8 Å². The maximum atomic E-state index is 12.9. The van der Waals surface area contributed by atoms with Gasteiger partial charge in [-0.1, -0.05) is 30.3 Å². The van der Waals surface area contributed by atoms with Gasteiger partial charge in [0, 0.05) is 44.5 Å². The lowest BCUT2D eigenvalue weighted by Gasteiger charge is -2.38. The Hall–Kier alpha value is -2.60. The van der Waals surface area contributed by atoms with Crippen LogP contribution in [0.2, 0.25) is 0 Å². The first-order valence-electron chi connectivity index (χ1n) is 10.7. The number of hydrogen-bond donors (Lipinski definition) is 1. The molecule has 2 aliphatic heterocycles. The molecule has 154 valence electrons. The Morgan fingerprint density at radius 3 is 2.45 bits per heavy atom. The van der Waals surface area contributed by atoms with E-state index in [0.717, 1.165) is 43.7 Å². The van der Waals surface area contributed by atoms with Gasteiger partial charge in [0.1, 0.15) is 5.69 Å². The van der Waals surface area contributed by atoms with Gasteiger partial charge in [0.25, 0.3) is 5.91 Å². The molecule has 6 heteroatoms. The molecule has 1 aromatic heterocycles. The average Bonchev–Trinajstić information content (AvgIpc) is 3.25. The predicted molar refractivity (Wildman–Crippen MR) is 114 cm³/mol. The predicted octanol–water partition coefficient (Wildman–Crippen LogP) is 2.84. The van der Waals surface area contributed by atoms with Crippen molar-refractivity contribution in [2.24, 2.45) is 0 Å². The van der Waals surface area contributed by atoms with E-state index >= 15 is 0 Å². The zero-order valence-corrected chi connectivity index (χ0v) is 17.1. The van der Waals surface area contributed by atoms with Crippen LogP contribution in [0.5, 0.6) is 0 Å². The molecule has 6 nitrogen and oxygen atoms in total. The zero-order chi connectivity index (χ0) is 20.2. The molecule has 1 aromatic carbocycles. The Kier molecular flexibility index (Phi) is 6.00. The van der Waals surface area contributed by atoms with E-state index in [2.05, 4.69) is 16.8 Å². The third-order valence-corrected chi connectivity index (χ3v) is 6.14. The lowest BCUT2D eigenvalue weighted by molar-refractivity contribution is -0.136. The lowest BCUT2D eigenvalue weighted by atomic mass is 10.0. The van der Waals surface area contributed by atoms with Gasteiger partial charge in [0.2, 0.25) is 5.91 Å². The van der Waals surface area contributed by atoms with Gasteiger partial charge in [-0.05, 0) is 43.9 Å². The second kappa shape index (κ2) is 8.82. The number of nitrogens with zero attached hydrogens (tertiary/aromatic N) is 3. The number of benzene rings is 1. The molecule has 2 aliphatic rings. The van der Waals surface area contributed by atoms with Gasteiger partial charge in [-0.25, -0.2) is 0 Å². The fraction of sp³-hybridized carbons (Fsp3) is 0.478. The molecule has 0 aliphatic carbocycles. The van der Waals surface area contributed by atoms with Crippen LogP contribution in [-0.4, -0.2) is 76.8 Å². The second-order valence-corrected chi connectivity index (χ2v) is 8.15. The topological polar surface area (TPSA) is 59.7 Å². The minimum Gasteiger partial charge on any atom is -0.351 e. The molecule has 2 saturated heterocycles. The van der Waals surface area contributed by atoms with E-state index in [1.165, 1.54) is 6.42 Å². The van der Waals surface area contributed by atoms with Gasteiger partial charge < -0.3 is 14.8 Å². The highest BCUT2D eigenvalue weighted by atomic mass is 16.2. The number of H-pyrrole nitrogens is 1. The van der Waals surface area contributed by atoms with Gasteiger partial charge in [0.05, 0.1) is 6.54 Å². The summed E-state index contributed by atoms with van der Waals surface area (Å²) >= 11 is 0. The molecule has 4 rings (SSSR count). The lowest BCUT2D eigenvalue weighted by Crippen LogP contribution is -2.53. The van der Waals surface area contributed by atoms with Gasteiger partial charge >= 0.3 is 0 Å². The minimum atomic E-state index is 0.0304. The molecule has 3 heterocycles. The van der Waals surface area contributed by atoms with Crippen molar-refractivity contribution in [3.8, 4) is 11.3 Å². The summed E-state index contributed by atoms with van der Waals surface area (Å²) in [5.74, 6) is 0.261. The highest BCUT2D eigenvalue weighted by Gasteiger charge is 2.28. The van der Waals surface area contributed by atoms with Crippen molar-refractivity contribution in [2.45, 2.75) is 32.2 Å². The van der Waals surface area contributed by atoms with Crippen LogP contribution in [0, 0.1) is 0 Å². The number of aromatic amines is 1. The summed E-state index contributed by atoms with van der Waals surface area (Å²) in [6.07, 6.45) is 3.44. The first-order valence-corrected chi connectivity index (χ1v) is 10.7. The van der Waals surface area contributed by atoms with E-state index in [1.807, 2.05) is 52.3 Å². The Balaban J connectivity index is 1.30. The van der Waals surface area contributed by atoms with Crippen LogP contribution in [0.3, 0.4) is 0 Å². The smallest absolute Gasteiger partial charge is 0.270 e. The largest absolute Gasteiger partial charge is 0.351 e. The number of carbonyl (C=O) groups is 2. The Morgan fingerprint density at radius 1 is 0.966 bits per heavy atom. The van der Waals surface area contributed by atoms with E-state index in [0.29, 0.717) is 31.4 Å². The van der Waals surface area contributed by atoms with Crippen molar-refractivity contribution in [2.75, 3.05) is 39.3 Å². The van der Waals surface area contributed by atoms with Crippen LogP contribution in [0.25, 0.3) is 11.3 Å². The fourth-order valence-electron chi connectivity index (χ4n) is 4.34. The SMILES string of the molecule is CC1CCCCN1C(=O)CN1CCN(C(=O)c2ccc(-c3ccccc3)[nH]2)CC1. The molecule has 2 aromatic rings. The normalized spacial score (nSPS) is 20.7. The summed E-state index contributed by atoms with van der Waals surface area (Å²) in [4.78, 5) is 34.9. The van der Waals surface area contributed by atoms with E-state index in [9.17, 15) is 9.59 Å². The Morgan fingerprint density at radius 2 is 1.72 bits per heavy atom. The molecule has 2 amide bonds. The molecular weight excluding hydrogens is 364 g/mol. The fourth-order valence-corrected chi connectivity index (χ4v) is 4.34. The number of likely N-dealkylation sites (tertiary alicyclic amines) is 1. The van der Waals surface area contributed by atoms with Crippen LogP contribution in [0.1, 0.15) is 36.7 Å². The van der Waals surface area contributed by atoms with Gasteiger partial charge in [0.15, 0.2) is 0 Å². The van der Waals surface area contributed by atoms with Gasteiger partial charge in [-0.3, -0.25) is 14.5 Å². The van der Waals surface area contributed by atoms with Crippen molar-refractivity contribution in [1.29, 1.82) is 0 Å². The van der Waals surface area contributed by atoms with Crippen molar-refractivity contribution < 1.29 is 9.59 Å². The summed E-state index contributed by atoms with van der Waals surface area (Å²) in [7, 11) is 0. The highest BCUT2D eigenvalue weighted by molar-refractivity contribution is 5.93. The first-order chi connectivity index (χ1) is 14.1. The molecule has 0 saturated carbocycles. The summed E-state index contributed by atoms with van der Waals surface area (Å²) < 4.78 is 0. The zero-order valence-electron chi connectivity index (χ0n) is 17.1. The molecule has 0 spiro atoms. The van der Waals surface area contributed by atoms with Gasteiger partial charge in [-0.15, -0.1) is 0 Å². The molecule has 1 N–H and O–H groups in total. The molecule has 0 bridgehead atoms. The average molecular weight is 395 g/mol. The molecule has 1 atom stereocenters. The van der Waals surface area contributed by atoms with Crippen molar-refractivity contribution in [1.82, 2.24) is 19.7 Å². The number of piperidine rings is 1. The van der Waals surface area contributed by atoms with Crippen LogP contribution in [0.4, 0.5) is 0 Å². The third-order valence-electron chi connectivity index (χ3n) is 6.14. The Labute approximate surface area is 172 Å². The van der Waals surface area contributed by atoms with Crippen molar-refractivity contribution in [3.63, 3.8) is 0 Å². The van der Waals surface area contributed by atoms with Crippen molar-refractivity contribution in [3.05, 3.63) is 48.2 Å². The number of amides is 2. The number of nitrogens with one attached hydrogen (secondary N) is 1. The van der Waals surface area contributed by atoms with E-state index < -0.39 is 0 Å². The number of aromatic nitrogens is 1. The van der Waals surface area contributed by atoms with Gasteiger partial charge in [-0.2, -0.15) is 0 Å². The summed E-state index contributed by atoms with van der Waals surface area (Å²) in [5, 5.41) is 0. The Bertz CT molecular complexity index is 840. The second-order valence-electron chi connectivity index (χ2n) is 8.15. The summed E-state index contributed by atoms with van der Waals surface area (Å²) in [6.45, 7) is 6.29. The maximum Gasteiger partial charge on any atom is 0.270 e. The third kappa shape index (κ3) is 4.53. The highest BCUT2D eigenvalue weighted by Crippen LogP contribution is 2.20. The molecule has 0 radical (unpaired) electrons. The molecular formula is C23H30N4O2. The number of carbonyl (C=O) groups excluding carboxylic acids is 2. The minimum absolute atomic E-state index is 0.0304. The van der Waals surface area contributed by atoms with E-state index in [1.54, 1.807) is 0 Å². The number of piperazine rings is 1. The quantitative estimate of drug-likeness (QED) is 0.868. The number of hydrogen-bond acceptors (Lipinski definition) is 3. The molecule has 1 unspecified atom stereocenters. The number of rotatable bonds is 4. The first kappa shape index (κ1) is 19.7. The van der Waals surface area contributed by atoms with Crippen LogP contribution < -0.4 is 0 Å². The van der Waals surface area contributed by atoms with Crippen LogP contribution in [-0.2, 0) is 4.79 Å². The molecule has 2 fully saturated rings. The monoisotopic (exact) mass is 394 g/mol. The standard InChI is InChI=1S/C23H30N4O2/c1-18-7-5-6-12-27(18)22(28)17-25-13-15-26(16-14-25)23(29)21-11-10-20(24-21)19-8-3-2-4-9-19/h2-4,8-11,18,24H,5-7,12-17H2,1H3. The summed E-state index contributed by atoms with van der Waals surface area (Å²) in [5.41, 5.74) is 2.64. The van der Waals surface area contributed by atoms with Crippen LogP contribution >= 0.6 is 0 Å².